The highest BCUT2D eigenvalue weighted by atomic mass is 16.1. The van der Waals surface area contributed by atoms with Gasteiger partial charge in [0, 0.05) is 6.42 Å². The average Bonchev–Trinajstić information content (AvgIpc) is 2.62. The summed E-state index contributed by atoms with van der Waals surface area (Å²) in [4.78, 5) is 11.3. The van der Waals surface area contributed by atoms with Gasteiger partial charge in [-0.1, -0.05) is 31.2 Å². The molecule has 14 heavy (non-hydrogen) atoms. The van der Waals surface area contributed by atoms with E-state index in [0.717, 1.165) is 12.8 Å². The molecule has 0 spiro atoms. The Bertz CT molecular complexity index is 346. The Morgan fingerprint density at radius 2 is 2.29 bits per heavy atom. The number of hydrogen-bond acceptors (Lipinski definition) is 1. The Morgan fingerprint density at radius 3 is 3.07 bits per heavy atom. The van der Waals surface area contributed by atoms with Gasteiger partial charge in [0.05, 0.1) is 6.04 Å². The van der Waals surface area contributed by atoms with Gasteiger partial charge >= 0.3 is 0 Å². The van der Waals surface area contributed by atoms with E-state index >= 15 is 0 Å². The summed E-state index contributed by atoms with van der Waals surface area (Å²) in [6, 6.07) is 8.60. The van der Waals surface area contributed by atoms with Crippen molar-refractivity contribution in [3.05, 3.63) is 35.4 Å². The molecule has 0 saturated carbocycles. The SMILES string of the molecule is CCC(=O)NC1CCc2ccccc21. The van der Waals surface area contributed by atoms with Crippen molar-refractivity contribution in [1.82, 2.24) is 5.32 Å². The average molecular weight is 189 g/mol. The first-order chi connectivity index (χ1) is 6.81. The molecule has 0 heterocycles. The molecule has 1 amide bonds. The molecule has 2 nitrogen and oxygen atoms in total. The van der Waals surface area contributed by atoms with Crippen molar-refractivity contribution in [2.24, 2.45) is 0 Å². The minimum atomic E-state index is 0.145. The third kappa shape index (κ3) is 1.65. The normalized spacial score (nSPS) is 19.1. The molecule has 1 aliphatic rings. The van der Waals surface area contributed by atoms with E-state index in [1.807, 2.05) is 13.0 Å². The van der Waals surface area contributed by atoms with Gasteiger partial charge in [-0.3, -0.25) is 4.79 Å². The lowest BCUT2D eigenvalue weighted by Crippen LogP contribution is -2.26. The van der Waals surface area contributed by atoms with Gasteiger partial charge in [-0.2, -0.15) is 0 Å². The molecule has 0 radical (unpaired) electrons. The number of nitrogens with one attached hydrogen (secondary N) is 1. The lowest BCUT2D eigenvalue weighted by molar-refractivity contribution is -0.121. The van der Waals surface area contributed by atoms with Crippen LogP contribution >= 0.6 is 0 Å². The number of amides is 1. The van der Waals surface area contributed by atoms with Gasteiger partial charge in [-0.05, 0) is 24.0 Å². The first-order valence-corrected chi connectivity index (χ1v) is 5.18. The molecular weight excluding hydrogens is 174 g/mol. The Morgan fingerprint density at radius 1 is 1.50 bits per heavy atom. The summed E-state index contributed by atoms with van der Waals surface area (Å²) in [6.45, 7) is 1.89. The second kappa shape index (κ2) is 3.82. The number of rotatable bonds is 2. The van der Waals surface area contributed by atoms with Gasteiger partial charge in [0.1, 0.15) is 0 Å². The second-order valence-electron chi connectivity index (χ2n) is 3.71. The van der Waals surface area contributed by atoms with Crippen LogP contribution in [0.3, 0.4) is 0 Å². The number of hydrogen-bond donors (Lipinski definition) is 1. The summed E-state index contributed by atoms with van der Waals surface area (Å²) in [5.41, 5.74) is 2.68. The molecule has 2 rings (SSSR count). The highest BCUT2D eigenvalue weighted by Crippen LogP contribution is 2.30. The van der Waals surface area contributed by atoms with Crippen molar-refractivity contribution in [3.63, 3.8) is 0 Å². The van der Waals surface area contributed by atoms with Crippen molar-refractivity contribution in [3.8, 4) is 0 Å². The van der Waals surface area contributed by atoms with E-state index in [0.29, 0.717) is 6.42 Å². The molecule has 0 fully saturated rings. The fourth-order valence-corrected chi connectivity index (χ4v) is 2.00. The van der Waals surface area contributed by atoms with Crippen LogP contribution in [-0.2, 0) is 11.2 Å². The van der Waals surface area contributed by atoms with Crippen LogP contribution in [0.1, 0.15) is 36.9 Å². The zero-order valence-corrected chi connectivity index (χ0v) is 8.42. The smallest absolute Gasteiger partial charge is 0.220 e. The molecule has 1 unspecified atom stereocenters. The van der Waals surface area contributed by atoms with E-state index in [1.165, 1.54) is 11.1 Å². The molecule has 0 bridgehead atoms. The highest BCUT2D eigenvalue weighted by Gasteiger charge is 2.22. The first kappa shape index (κ1) is 9.25. The van der Waals surface area contributed by atoms with E-state index < -0.39 is 0 Å². The second-order valence-corrected chi connectivity index (χ2v) is 3.71. The van der Waals surface area contributed by atoms with Crippen LogP contribution in [0.25, 0.3) is 0 Å². The molecule has 1 aromatic carbocycles. The fourth-order valence-electron chi connectivity index (χ4n) is 2.00. The molecule has 1 aliphatic carbocycles. The maximum absolute atomic E-state index is 11.3. The van der Waals surface area contributed by atoms with Crippen LogP contribution in [0.15, 0.2) is 24.3 Å². The molecular formula is C12H15NO. The van der Waals surface area contributed by atoms with Crippen molar-refractivity contribution >= 4 is 5.91 Å². The minimum Gasteiger partial charge on any atom is -0.349 e. The third-order valence-corrected chi connectivity index (χ3v) is 2.79. The number of benzene rings is 1. The Labute approximate surface area is 84.3 Å². The summed E-state index contributed by atoms with van der Waals surface area (Å²) in [6.07, 6.45) is 2.70. The van der Waals surface area contributed by atoms with Crippen LogP contribution in [0.2, 0.25) is 0 Å². The fraction of sp³-hybridized carbons (Fsp3) is 0.417. The van der Waals surface area contributed by atoms with E-state index in [9.17, 15) is 4.79 Å². The summed E-state index contributed by atoms with van der Waals surface area (Å²) < 4.78 is 0. The highest BCUT2D eigenvalue weighted by molar-refractivity contribution is 5.76. The summed E-state index contributed by atoms with van der Waals surface area (Å²) in [7, 11) is 0. The van der Waals surface area contributed by atoms with E-state index in [1.54, 1.807) is 0 Å². The van der Waals surface area contributed by atoms with Crippen molar-refractivity contribution in [2.45, 2.75) is 32.2 Å². The van der Waals surface area contributed by atoms with Gasteiger partial charge in [0.15, 0.2) is 0 Å². The monoisotopic (exact) mass is 189 g/mol. The lowest BCUT2D eigenvalue weighted by Gasteiger charge is -2.12. The van der Waals surface area contributed by atoms with Gasteiger partial charge in [0.25, 0.3) is 0 Å². The van der Waals surface area contributed by atoms with E-state index in [2.05, 4.69) is 23.5 Å². The Balaban J connectivity index is 2.14. The van der Waals surface area contributed by atoms with Crippen molar-refractivity contribution in [2.75, 3.05) is 0 Å². The Kier molecular flexibility index (Phi) is 2.53. The van der Waals surface area contributed by atoms with E-state index in [-0.39, 0.29) is 11.9 Å². The molecule has 74 valence electrons. The molecule has 1 N–H and O–H groups in total. The van der Waals surface area contributed by atoms with Gasteiger partial charge in [-0.15, -0.1) is 0 Å². The van der Waals surface area contributed by atoms with Crippen LogP contribution < -0.4 is 5.32 Å². The summed E-state index contributed by atoms with van der Waals surface area (Å²) >= 11 is 0. The van der Waals surface area contributed by atoms with Gasteiger partial charge in [-0.25, -0.2) is 0 Å². The molecule has 2 heteroatoms. The minimum absolute atomic E-state index is 0.145. The third-order valence-electron chi connectivity index (χ3n) is 2.79. The number of carbonyl (C=O) groups is 1. The number of fused-ring (bicyclic) bond motifs is 1. The lowest BCUT2D eigenvalue weighted by atomic mass is 10.1. The zero-order chi connectivity index (χ0) is 9.97. The largest absolute Gasteiger partial charge is 0.349 e. The zero-order valence-electron chi connectivity index (χ0n) is 8.42. The summed E-state index contributed by atoms with van der Waals surface area (Å²) in [5, 5.41) is 3.05. The molecule has 0 aliphatic heterocycles. The summed E-state index contributed by atoms with van der Waals surface area (Å²) in [5.74, 6) is 0.145. The quantitative estimate of drug-likeness (QED) is 0.759. The number of carbonyl (C=O) groups excluding carboxylic acids is 1. The predicted octanol–water partition coefficient (Wildman–Crippen LogP) is 2.20. The van der Waals surface area contributed by atoms with Gasteiger partial charge < -0.3 is 5.32 Å². The maximum atomic E-state index is 11.3. The van der Waals surface area contributed by atoms with Crippen molar-refractivity contribution in [1.29, 1.82) is 0 Å². The van der Waals surface area contributed by atoms with Crippen LogP contribution in [0, 0.1) is 0 Å². The molecule has 1 atom stereocenters. The van der Waals surface area contributed by atoms with E-state index in [4.69, 9.17) is 0 Å². The van der Waals surface area contributed by atoms with Crippen LogP contribution in [0.4, 0.5) is 0 Å². The Hall–Kier alpha value is -1.31. The van der Waals surface area contributed by atoms with Crippen LogP contribution in [0.5, 0.6) is 0 Å². The van der Waals surface area contributed by atoms with Crippen LogP contribution in [-0.4, -0.2) is 5.91 Å². The predicted molar refractivity (Wildman–Crippen MR) is 55.9 cm³/mol. The number of aryl methyl sites for hydroxylation is 1. The molecule has 0 aromatic heterocycles. The first-order valence-electron chi connectivity index (χ1n) is 5.18. The maximum Gasteiger partial charge on any atom is 0.220 e. The standard InChI is InChI=1S/C12H15NO/c1-2-12(14)13-11-8-7-9-5-3-4-6-10(9)11/h3-6,11H,2,7-8H2,1H3,(H,13,14). The van der Waals surface area contributed by atoms with Gasteiger partial charge in [0.2, 0.25) is 5.91 Å². The topological polar surface area (TPSA) is 29.1 Å². The van der Waals surface area contributed by atoms with Crippen molar-refractivity contribution < 1.29 is 4.79 Å². The molecule has 0 saturated heterocycles. The molecule has 1 aromatic rings.